The number of Topliss-reactive ketones (excluding diaryl/α,β-unsaturated/α-hetero) is 1. The molecule has 1 atom stereocenters. The van der Waals surface area contributed by atoms with Crippen molar-refractivity contribution < 1.29 is 14.0 Å². The highest BCUT2D eigenvalue weighted by atomic mass is 16.4. The van der Waals surface area contributed by atoms with Crippen molar-refractivity contribution in [2.75, 3.05) is 0 Å². The largest absolute Gasteiger partial charge is 0.448 e. The predicted molar refractivity (Wildman–Crippen MR) is 110 cm³/mol. The van der Waals surface area contributed by atoms with Gasteiger partial charge in [0, 0.05) is 22.0 Å². The van der Waals surface area contributed by atoms with Gasteiger partial charge in [-0.2, -0.15) is 0 Å². The van der Waals surface area contributed by atoms with Gasteiger partial charge in [-0.15, -0.1) is 0 Å². The summed E-state index contributed by atoms with van der Waals surface area (Å²) in [6.45, 7) is 20.3. The van der Waals surface area contributed by atoms with Crippen LogP contribution in [-0.2, 0) is 0 Å². The van der Waals surface area contributed by atoms with Crippen LogP contribution in [0.25, 0.3) is 0 Å². The smallest absolute Gasteiger partial charge is 0.287 e. The zero-order valence-electron chi connectivity index (χ0n) is 18.8. The molecule has 0 aliphatic heterocycles. The zero-order valence-corrected chi connectivity index (χ0v) is 18.8. The molecule has 5 heteroatoms. The summed E-state index contributed by atoms with van der Waals surface area (Å²) in [5, 5.41) is 6.72. The minimum absolute atomic E-state index is 0.0224. The summed E-state index contributed by atoms with van der Waals surface area (Å²) >= 11 is 0. The van der Waals surface area contributed by atoms with Crippen LogP contribution in [-0.4, -0.2) is 28.3 Å². The third-order valence-corrected chi connectivity index (χ3v) is 4.48. The molecule has 0 fully saturated rings. The van der Waals surface area contributed by atoms with Gasteiger partial charge < -0.3 is 15.1 Å². The van der Waals surface area contributed by atoms with Crippen molar-refractivity contribution in [3.63, 3.8) is 0 Å². The lowest BCUT2D eigenvalue weighted by Gasteiger charge is -2.41. The fraction of sp³-hybridized carbons (Fsp3) is 0.727. The standard InChI is InChI=1S/C22H38N2O3/c1-11-22(10,14-21(8,9)24-20(5,6)7)23-18(26)16-13-12-15(27-16)17(25)19(2,3)4/h12-13,24H,11,14H2,1-10H3,(H,23,26). The molecule has 0 bridgehead atoms. The number of furan rings is 1. The third kappa shape index (κ3) is 7.13. The first-order valence-electron chi connectivity index (χ1n) is 9.74. The van der Waals surface area contributed by atoms with E-state index in [2.05, 4.69) is 52.2 Å². The number of nitrogens with one attached hydrogen (secondary N) is 2. The first-order valence-corrected chi connectivity index (χ1v) is 9.74. The Morgan fingerprint density at radius 3 is 1.89 bits per heavy atom. The van der Waals surface area contributed by atoms with Crippen molar-refractivity contribution in [2.24, 2.45) is 5.41 Å². The van der Waals surface area contributed by atoms with Gasteiger partial charge in [0.15, 0.2) is 11.5 Å². The molecule has 1 aromatic heterocycles. The Balaban J connectivity index is 2.92. The highest BCUT2D eigenvalue weighted by Gasteiger charge is 2.35. The summed E-state index contributed by atoms with van der Waals surface area (Å²) in [5.41, 5.74) is -1.13. The van der Waals surface area contributed by atoms with Crippen LogP contribution in [0.1, 0.15) is 103 Å². The molecule has 0 saturated carbocycles. The van der Waals surface area contributed by atoms with E-state index in [1.54, 1.807) is 12.1 Å². The summed E-state index contributed by atoms with van der Waals surface area (Å²) < 4.78 is 5.56. The van der Waals surface area contributed by atoms with E-state index in [1.807, 2.05) is 27.7 Å². The van der Waals surface area contributed by atoms with Gasteiger partial charge in [-0.1, -0.05) is 27.7 Å². The SMILES string of the molecule is CCC(C)(CC(C)(C)NC(C)(C)C)NC(=O)c1ccc(C(=O)C(C)(C)C)o1. The Kier molecular flexibility index (Phi) is 6.75. The van der Waals surface area contributed by atoms with Gasteiger partial charge in [-0.3, -0.25) is 9.59 Å². The second-order valence-corrected chi connectivity index (χ2v) is 10.5. The van der Waals surface area contributed by atoms with Gasteiger partial charge in [0.25, 0.3) is 5.91 Å². The van der Waals surface area contributed by atoms with Crippen molar-refractivity contribution in [1.29, 1.82) is 0 Å². The molecule has 1 unspecified atom stereocenters. The highest BCUT2D eigenvalue weighted by Crippen LogP contribution is 2.27. The lowest BCUT2D eigenvalue weighted by molar-refractivity contribution is 0.0809. The predicted octanol–water partition coefficient (Wildman–Crippen LogP) is 4.96. The topological polar surface area (TPSA) is 71.3 Å². The van der Waals surface area contributed by atoms with Gasteiger partial charge >= 0.3 is 0 Å². The van der Waals surface area contributed by atoms with E-state index >= 15 is 0 Å². The molecule has 0 radical (unpaired) electrons. The molecule has 0 aliphatic rings. The highest BCUT2D eigenvalue weighted by molar-refractivity contribution is 5.99. The Bertz CT molecular complexity index is 674. The van der Waals surface area contributed by atoms with Gasteiger partial charge in [-0.05, 0) is 66.5 Å². The van der Waals surface area contributed by atoms with E-state index in [9.17, 15) is 9.59 Å². The third-order valence-electron chi connectivity index (χ3n) is 4.48. The second kappa shape index (κ2) is 7.78. The summed E-state index contributed by atoms with van der Waals surface area (Å²) in [6, 6.07) is 3.15. The quantitative estimate of drug-likeness (QED) is 0.658. The first-order chi connectivity index (χ1) is 12.0. The molecule has 1 heterocycles. The molecule has 1 rings (SSSR count). The van der Waals surface area contributed by atoms with Crippen molar-refractivity contribution in [3.05, 3.63) is 23.7 Å². The van der Waals surface area contributed by atoms with E-state index < -0.39 is 11.0 Å². The number of carbonyl (C=O) groups is 2. The minimum Gasteiger partial charge on any atom is -0.448 e. The van der Waals surface area contributed by atoms with Crippen molar-refractivity contribution in [3.8, 4) is 0 Å². The molecule has 27 heavy (non-hydrogen) atoms. The maximum atomic E-state index is 12.7. The fourth-order valence-electron chi connectivity index (χ4n) is 3.58. The Labute approximate surface area is 164 Å². The molecular weight excluding hydrogens is 340 g/mol. The van der Waals surface area contributed by atoms with Crippen LogP contribution in [0.5, 0.6) is 0 Å². The van der Waals surface area contributed by atoms with Crippen LogP contribution in [0.2, 0.25) is 0 Å². The van der Waals surface area contributed by atoms with Crippen LogP contribution in [0.15, 0.2) is 16.5 Å². The normalized spacial score (nSPS) is 15.3. The summed E-state index contributed by atoms with van der Waals surface area (Å²) in [6.07, 6.45) is 1.54. The molecule has 2 N–H and O–H groups in total. The van der Waals surface area contributed by atoms with E-state index in [1.165, 1.54) is 0 Å². The summed E-state index contributed by atoms with van der Waals surface area (Å²) in [7, 11) is 0. The molecule has 0 saturated heterocycles. The number of rotatable bonds is 7. The van der Waals surface area contributed by atoms with Crippen LogP contribution in [0.4, 0.5) is 0 Å². The van der Waals surface area contributed by atoms with Crippen LogP contribution in [0.3, 0.4) is 0 Å². The maximum Gasteiger partial charge on any atom is 0.287 e. The van der Waals surface area contributed by atoms with Crippen LogP contribution >= 0.6 is 0 Å². The van der Waals surface area contributed by atoms with Gasteiger partial charge in [0.1, 0.15) is 0 Å². The average molecular weight is 379 g/mol. The molecule has 0 aliphatic carbocycles. The van der Waals surface area contributed by atoms with Crippen molar-refractivity contribution in [1.82, 2.24) is 10.6 Å². The fourth-order valence-corrected chi connectivity index (χ4v) is 3.58. The Morgan fingerprint density at radius 1 is 0.926 bits per heavy atom. The molecule has 1 aromatic rings. The van der Waals surface area contributed by atoms with Gasteiger partial charge in [0.2, 0.25) is 5.78 Å². The van der Waals surface area contributed by atoms with E-state index in [4.69, 9.17) is 4.42 Å². The number of carbonyl (C=O) groups excluding carboxylic acids is 2. The van der Waals surface area contributed by atoms with Crippen LogP contribution < -0.4 is 10.6 Å². The van der Waals surface area contributed by atoms with Gasteiger partial charge in [0.05, 0.1) is 0 Å². The van der Waals surface area contributed by atoms with Gasteiger partial charge in [-0.25, -0.2) is 0 Å². The molecule has 0 spiro atoms. The molecule has 1 amide bonds. The van der Waals surface area contributed by atoms with E-state index in [0.717, 1.165) is 12.8 Å². The monoisotopic (exact) mass is 378 g/mol. The number of hydrogen-bond donors (Lipinski definition) is 2. The molecule has 5 nitrogen and oxygen atoms in total. The van der Waals surface area contributed by atoms with Crippen molar-refractivity contribution in [2.45, 2.75) is 98.7 Å². The van der Waals surface area contributed by atoms with E-state index in [-0.39, 0.29) is 34.3 Å². The van der Waals surface area contributed by atoms with Crippen LogP contribution in [0, 0.1) is 5.41 Å². The summed E-state index contributed by atoms with van der Waals surface area (Å²) in [4.78, 5) is 25.1. The lowest BCUT2D eigenvalue weighted by Crippen LogP contribution is -2.57. The molecule has 154 valence electrons. The first kappa shape index (κ1) is 23.4. The second-order valence-electron chi connectivity index (χ2n) is 10.5. The zero-order chi connectivity index (χ0) is 21.3. The Morgan fingerprint density at radius 2 is 1.44 bits per heavy atom. The number of ketones is 1. The average Bonchev–Trinajstić information content (AvgIpc) is 2.91. The molecular formula is C22H38N2O3. The van der Waals surface area contributed by atoms with Crippen molar-refractivity contribution >= 4 is 11.7 Å². The lowest BCUT2D eigenvalue weighted by atomic mass is 9.82. The number of amides is 1. The Hall–Kier alpha value is -1.62. The minimum atomic E-state index is -0.549. The van der Waals surface area contributed by atoms with E-state index in [0.29, 0.717) is 0 Å². The number of hydrogen-bond acceptors (Lipinski definition) is 4. The maximum absolute atomic E-state index is 12.7. The summed E-state index contributed by atoms with van der Waals surface area (Å²) in [5.74, 6) is -0.0152. The molecule has 0 aromatic carbocycles.